The Labute approximate surface area is 310 Å². The summed E-state index contributed by atoms with van der Waals surface area (Å²) >= 11 is 0. The number of anilines is 3. The number of carbonyl (C=O) groups is 5. The number of unbranched alkanes of at least 4 members (excludes halogenated alkanes) is 2. The molecule has 0 fully saturated rings. The van der Waals surface area contributed by atoms with E-state index in [1.807, 2.05) is 35.1 Å². The van der Waals surface area contributed by atoms with Crippen LogP contribution in [-0.4, -0.2) is 85.5 Å². The maximum atomic E-state index is 13.3. The van der Waals surface area contributed by atoms with E-state index >= 15 is 0 Å². The predicted molar refractivity (Wildman–Crippen MR) is 206 cm³/mol. The van der Waals surface area contributed by atoms with E-state index in [0.29, 0.717) is 59.6 Å². The molecule has 3 amide bonds. The molecule has 13 nitrogen and oxygen atoms in total. The quantitative estimate of drug-likeness (QED) is 0.0354. The van der Waals surface area contributed by atoms with Crippen LogP contribution in [0, 0.1) is 6.92 Å². The van der Waals surface area contributed by atoms with Gasteiger partial charge >= 0.3 is 0 Å². The van der Waals surface area contributed by atoms with E-state index in [4.69, 9.17) is 0 Å². The second-order valence-corrected chi connectivity index (χ2v) is 13.8. The molecular formula is C40H49N7O6. The molecule has 0 bridgehead atoms. The Kier molecular flexibility index (Phi) is 14.3. The number of hydrogen-bond acceptors (Lipinski definition) is 10. The smallest absolute Gasteiger partial charge is 0.279 e. The van der Waals surface area contributed by atoms with E-state index in [1.165, 1.54) is 31.2 Å². The second kappa shape index (κ2) is 18.8. The fraction of sp³-hybridized carbons (Fsp3) is 0.375. The number of azo groups is 1. The Bertz CT molecular complexity index is 1860. The lowest BCUT2D eigenvalue weighted by Gasteiger charge is -2.12. The molecule has 0 radical (unpaired) electrons. The Balaban J connectivity index is 1.44. The van der Waals surface area contributed by atoms with Crippen molar-refractivity contribution in [3.63, 3.8) is 0 Å². The van der Waals surface area contributed by atoms with Crippen LogP contribution in [-0.2, 0) is 16.0 Å². The van der Waals surface area contributed by atoms with Crippen molar-refractivity contribution in [1.82, 2.24) is 9.80 Å². The van der Waals surface area contributed by atoms with Crippen molar-refractivity contribution in [3.05, 3.63) is 93.9 Å². The van der Waals surface area contributed by atoms with E-state index < -0.39 is 11.8 Å². The van der Waals surface area contributed by atoms with Gasteiger partial charge in [0.25, 0.3) is 11.8 Å². The van der Waals surface area contributed by atoms with E-state index in [9.17, 15) is 29.1 Å². The monoisotopic (exact) mass is 723 g/mol. The third-order valence-corrected chi connectivity index (χ3v) is 8.65. The zero-order valence-corrected chi connectivity index (χ0v) is 31.3. The van der Waals surface area contributed by atoms with Crippen molar-refractivity contribution in [2.45, 2.75) is 58.8 Å². The maximum absolute atomic E-state index is 13.3. The summed E-state index contributed by atoms with van der Waals surface area (Å²) in [6, 6.07) is 14.3. The van der Waals surface area contributed by atoms with E-state index in [0.717, 1.165) is 37.1 Å². The Hall–Kier alpha value is -5.53. The topological polar surface area (TPSA) is 173 Å². The molecule has 0 aliphatic carbocycles. The van der Waals surface area contributed by atoms with Gasteiger partial charge in [-0.1, -0.05) is 0 Å². The second-order valence-electron chi connectivity index (χ2n) is 13.8. The fourth-order valence-electron chi connectivity index (χ4n) is 5.79. The number of fused-ring (bicyclic) bond motifs is 1. The molecule has 53 heavy (non-hydrogen) atoms. The van der Waals surface area contributed by atoms with Crippen molar-refractivity contribution < 1.29 is 29.1 Å². The highest BCUT2D eigenvalue weighted by atomic mass is 16.3. The number of aliphatic hydroxyl groups excluding tert-OH is 1. The highest BCUT2D eigenvalue weighted by Crippen LogP contribution is 2.30. The van der Waals surface area contributed by atoms with Crippen molar-refractivity contribution in [1.29, 1.82) is 0 Å². The molecule has 0 unspecified atom stereocenters. The molecule has 3 aromatic carbocycles. The minimum atomic E-state index is -0.700. The number of benzene rings is 3. The van der Waals surface area contributed by atoms with E-state index in [1.54, 1.807) is 30.3 Å². The largest absolute Gasteiger partial charge is 0.510 e. The number of rotatable bonds is 18. The molecule has 0 spiro atoms. The van der Waals surface area contributed by atoms with Crippen LogP contribution in [0.15, 0.2) is 76.3 Å². The molecule has 0 atom stereocenters. The highest BCUT2D eigenvalue weighted by Gasteiger charge is 2.22. The molecular weight excluding hydrogens is 674 g/mol. The first kappa shape index (κ1) is 40.2. The molecule has 280 valence electrons. The van der Waals surface area contributed by atoms with Crippen LogP contribution in [0.1, 0.15) is 87.6 Å². The molecule has 0 saturated heterocycles. The van der Waals surface area contributed by atoms with Crippen LogP contribution in [0.4, 0.5) is 22.7 Å². The fourth-order valence-corrected chi connectivity index (χ4v) is 5.79. The summed E-state index contributed by atoms with van der Waals surface area (Å²) in [5.74, 6) is -1.82. The first-order valence-corrected chi connectivity index (χ1v) is 17.7. The van der Waals surface area contributed by atoms with Crippen LogP contribution in [0.3, 0.4) is 0 Å². The van der Waals surface area contributed by atoms with Crippen LogP contribution in [0.5, 0.6) is 0 Å². The number of nitrogens with one attached hydrogen (secondary N) is 3. The maximum Gasteiger partial charge on any atom is 0.279 e. The average molecular weight is 724 g/mol. The molecule has 4 N–H and O–H groups in total. The average Bonchev–Trinajstić information content (AvgIpc) is 3.48. The van der Waals surface area contributed by atoms with Gasteiger partial charge in [0.15, 0.2) is 17.3 Å². The van der Waals surface area contributed by atoms with Gasteiger partial charge in [-0.3, -0.25) is 24.0 Å². The standard InChI is InChI=1S/C40H49N7O6/c1-25-19-31(23-34-33(25)24-37(51)43-34)42-40(53)38(26(2)48)45-44-30-15-13-27(14-16-30)39(52)41-32-21-28(35(49)11-7-9-17-46(3)4)20-29(22-32)36(50)12-8-10-18-47(5)6/h13-16,19-23,48H,7-12,17-18,24H2,1-6H3,(H,41,52)(H,42,53)(H,43,51). The van der Waals surface area contributed by atoms with E-state index in [-0.39, 0.29) is 40.9 Å². The van der Waals surface area contributed by atoms with Gasteiger partial charge in [0.2, 0.25) is 5.91 Å². The van der Waals surface area contributed by atoms with Crippen molar-refractivity contribution >= 4 is 52.0 Å². The number of aryl methyl sites for hydroxylation is 1. The molecule has 4 rings (SSSR count). The third kappa shape index (κ3) is 12.0. The summed E-state index contributed by atoms with van der Waals surface area (Å²) < 4.78 is 0. The van der Waals surface area contributed by atoms with Crippen LogP contribution in [0.25, 0.3) is 0 Å². The molecule has 0 saturated carbocycles. The molecule has 1 aliphatic heterocycles. The summed E-state index contributed by atoms with van der Waals surface area (Å²) in [4.78, 5) is 68.6. The van der Waals surface area contributed by atoms with Crippen LogP contribution >= 0.6 is 0 Å². The third-order valence-electron chi connectivity index (χ3n) is 8.65. The zero-order valence-electron chi connectivity index (χ0n) is 31.3. The first-order valence-electron chi connectivity index (χ1n) is 17.7. The number of carbonyl (C=O) groups excluding carboxylic acids is 5. The summed E-state index contributed by atoms with van der Waals surface area (Å²) in [5, 5.41) is 26.5. The number of Topliss-reactive ketones (excluding diaryl/α,β-unsaturated/α-hetero) is 2. The van der Waals surface area contributed by atoms with Gasteiger partial charge in [0.1, 0.15) is 5.76 Å². The molecule has 13 heteroatoms. The number of amides is 3. The number of ketones is 2. The first-order chi connectivity index (χ1) is 25.2. The summed E-state index contributed by atoms with van der Waals surface area (Å²) in [5.41, 5.74) is 4.12. The molecule has 1 heterocycles. The predicted octanol–water partition coefficient (Wildman–Crippen LogP) is 7.08. The normalized spacial score (nSPS) is 12.9. The van der Waals surface area contributed by atoms with Crippen molar-refractivity contribution in [2.24, 2.45) is 10.2 Å². The molecule has 1 aliphatic rings. The van der Waals surface area contributed by atoms with Crippen LogP contribution < -0.4 is 16.0 Å². The molecule has 3 aromatic rings. The number of aliphatic hydroxyl groups is 1. The Morgan fingerprint density at radius 2 is 1.34 bits per heavy atom. The summed E-state index contributed by atoms with van der Waals surface area (Å²) in [7, 11) is 7.93. The van der Waals surface area contributed by atoms with Crippen LogP contribution in [0.2, 0.25) is 0 Å². The SMILES string of the molecule is CC(O)=C(N=Nc1ccc(C(=O)Nc2cc(C(=O)CCCCN(C)C)cc(C(=O)CCCCN(C)C)c2)cc1)C(=O)Nc1cc(C)c2c(c1)NC(=O)C2. The zero-order chi connectivity index (χ0) is 38.7. The van der Waals surface area contributed by atoms with Gasteiger partial charge in [-0.05, 0) is 147 Å². The summed E-state index contributed by atoms with van der Waals surface area (Å²) in [6.45, 7) is 4.89. The Morgan fingerprint density at radius 3 is 1.89 bits per heavy atom. The Morgan fingerprint density at radius 1 is 0.774 bits per heavy atom. The number of nitrogens with zero attached hydrogens (tertiary/aromatic N) is 4. The van der Waals surface area contributed by atoms with Gasteiger partial charge in [0.05, 0.1) is 12.1 Å². The highest BCUT2D eigenvalue weighted by molar-refractivity contribution is 6.08. The van der Waals surface area contributed by atoms with Gasteiger partial charge in [-0.25, -0.2) is 0 Å². The molecule has 0 aromatic heterocycles. The number of hydrogen-bond donors (Lipinski definition) is 4. The van der Waals surface area contributed by atoms with Gasteiger partial charge in [-0.15, -0.1) is 5.11 Å². The van der Waals surface area contributed by atoms with Gasteiger partial charge in [-0.2, -0.15) is 5.11 Å². The van der Waals surface area contributed by atoms with Gasteiger partial charge in [0, 0.05) is 46.6 Å². The minimum Gasteiger partial charge on any atom is -0.510 e. The lowest BCUT2D eigenvalue weighted by atomic mass is 9.98. The van der Waals surface area contributed by atoms with Crippen molar-refractivity contribution in [3.8, 4) is 0 Å². The summed E-state index contributed by atoms with van der Waals surface area (Å²) in [6.07, 6.45) is 4.09. The lowest BCUT2D eigenvalue weighted by Crippen LogP contribution is -2.15. The number of allylic oxidation sites excluding steroid dienone is 1. The van der Waals surface area contributed by atoms with E-state index in [2.05, 4.69) is 36.0 Å². The minimum absolute atomic E-state index is 0.0904. The van der Waals surface area contributed by atoms with Gasteiger partial charge < -0.3 is 30.9 Å². The van der Waals surface area contributed by atoms with Crippen molar-refractivity contribution in [2.75, 3.05) is 57.2 Å². The lowest BCUT2D eigenvalue weighted by molar-refractivity contribution is -0.115.